The van der Waals surface area contributed by atoms with E-state index in [9.17, 15) is 0 Å². The maximum atomic E-state index is 6.13. The molecule has 16 heavy (non-hydrogen) atoms. The van der Waals surface area contributed by atoms with E-state index in [4.69, 9.17) is 11.6 Å². The van der Waals surface area contributed by atoms with Crippen LogP contribution in [-0.2, 0) is 0 Å². The third-order valence-electron chi connectivity index (χ3n) is 2.54. The average Bonchev–Trinajstić information content (AvgIpc) is 2.93. The van der Waals surface area contributed by atoms with Crippen LogP contribution in [-0.4, -0.2) is 15.5 Å². The molecule has 1 aromatic rings. The summed E-state index contributed by atoms with van der Waals surface area (Å²) in [4.78, 5) is 8.91. The normalized spacial score (nSPS) is 16.3. The summed E-state index contributed by atoms with van der Waals surface area (Å²) in [5, 5.41) is 3.95. The summed E-state index contributed by atoms with van der Waals surface area (Å²) in [6.45, 7) is 8.28. The van der Waals surface area contributed by atoms with Gasteiger partial charge in [-0.1, -0.05) is 11.6 Å². The van der Waals surface area contributed by atoms with Crippen molar-refractivity contribution in [2.75, 3.05) is 5.32 Å². The number of rotatable bonds is 2. The van der Waals surface area contributed by atoms with Crippen molar-refractivity contribution in [1.82, 2.24) is 9.97 Å². The molecule has 0 bridgehead atoms. The van der Waals surface area contributed by atoms with Gasteiger partial charge in [0.2, 0.25) is 0 Å². The highest BCUT2D eigenvalue weighted by Crippen LogP contribution is 2.39. The van der Waals surface area contributed by atoms with Crippen molar-refractivity contribution < 1.29 is 0 Å². The molecule has 0 aromatic carbocycles. The Labute approximate surface area is 102 Å². The summed E-state index contributed by atoms with van der Waals surface area (Å²) in [5.41, 5.74) is 0.921. The average molecular weight is 240 g/mol. The lowest BCUT2D eigenvalue weighted by atomic mass is 10.1. The minimum atomic E-state index is -0.0107. The van der Waals surface area contributed by atoms with E-state index in [2.05, 4.69) is 36.1 Å². The van der Waals surface area contributed by atoms with E-state index in [1.807, 2.05) is 6.92 Å². The maximum Gasteiger partial charge on any atom is 0.137 e. The van der Waals surface area contributed by atoms with Crippen LogP contribution in [0.15, 0.2) is 0 Å². The Bertz CT molecular complexity index is 405. The molecule has 4 heteroatoms. The van der Waals surface area contributed by atoms with Crippen molar-refractivity contribution in [3.05, 3.63) is 16.5 Å². The van der Waals surface area contributed by atoms with E-state index in [0.29, 0.717) is 11.1 Å². The minimum absolute atomic E-state index is 0.0107. The van der Waals surface area contributed by atoms with Crippen LogP contribution in [0.4, 0.5) is 5.82 Å². The van der Waals surface area contributed by atoms with E-state index in [1.54, 1.807) is 0 Å². The third-order valence-corrected chi connectivity index (χ3v) is 2.91. The van der Waals surface area contributed by atoms with Gasteiger partial charge in [-0.2, -0.15) is 0 Å². The van der Waals surface area contributed by atoms with E-state index < -0.39 is 0 Å². The predicted molar refractivity (Wildman–Crippen MR) is 67.1 cm³/mol. The molecule has 0 radical (unpaired) electrons. The van der Waals surface area contributed by atoms with Gasteiger partial charge in [0.15, 0.2) is 0 Å². The molecule has 0 amide bonds. The highest BCUT2D eigenvalue weighted by Gasteiger charge is 2.28. The molecule has 3 nitrogen and oxygen atoms in total. The Morgan fingerprint density at radius 1 is 1.25 bits per heavy atom. The van der Waals surface area contributed by atoms with Crippen molar-refractivity contribution in [3.63, 3.8) is 0 Å². The maximum absolute atomic E-state index is 6.13. The Kier molecular flexibility index (Phi) is 2.82. The van der Waals surface area contributed by atoms with Gasteiger partial charge in [-0.3, -0.25) is 0 Å². The van der Waals surface area contributed by atoms with Crippen LogP contribution in [0.3, 0.4) is 0 Å². The lowest BCUT2D eigenvalue weighted by molar-refractivity contribution is 0.627. The molecule has 1 N–H and O–H groups in total. The Morgan fingerprint density at radius 2 is 1.88 bits per heavy atom. The monoisotopic (exact) mass is 239 g/mol. The van der Waals surface area contributed by atoms with Crippen LogP contribution >= 0.6 is 11.6 Å². The first kappa shape index (κ1) is 11.6. The number of nitrogens with one attached hydrogen (secondary N) is 1. The van der Waals surface area contributed by atoms with Crippen LogP contribution in [0.5, 0.6) is 0 Å². The van der Waals surface area contributed by atoms with Crippen LogP contribution in [0.2, 0.25) is 5.15 Å². The summed E-state index contributed by atoms with van der Waals surface area (Å²) >= 11 is 6.13. The van der Waals surface area contributed by atoms with Gasteiger partial charge in [0.25, 0.3) is 0 Å². The van der Waals surface area contributed by atoms with Crippen molar-refractivity contribution >= 4 is 17.4 Å². The predicted octanol–water partition coefficient (Wildman–Crippen LogP) is 3.53. The fourth-order valence-electron chi connectivity index (χ4n) is 1.51. The second-order valence-electron chi connectivity index (χ2n) is 5.50. The highest BCUT2D eigenvalue weighted by molar-refractivity contribution is 6.30. The van der Waals surface area contributed by atoms with E-state index in [1.165, 1.54) is 12.8 Å². The van der Waals surface area contributed by atoms with Crippen molar-refractivity contribution in [2.45, 2.75) is 52.0 Å². The lowest BCUT2D eigenvalue weighted by Gasteiger charge is -2.23. The van der Waals surface area contributed by atoms with Crippen molar-refractivity contribution in [3.8, 4) is 0 Å². The fraction of sp³-hybridized carbons (Fsp3) is 0.667. The van der Waals surface area contributed by atoms with E-state index in [-0.39, 0.29) is 5.54 Å². The van der Waals surface area contributed by atoms with Crippen LogP contribution in [0.25, 0.3) is 0 Å². The standard InChI is InChI=1S/C12H18ClN3/c1-7-9(13)14-11(8-5-6-8)15-10(7)16-12(2,3)4/h8H,5-6H2,1-4H3,(H,14,15,16). The number of anilines is 1. The molecule has 1 saturated carbocycles. The van der Waals surface area contributed by atoms with Gasteiger partial charge in [-0.25, -0.2) is 9.97 Å². The number of halogens is 1. The SMILES string of the molecule is Cc1c(Cl)nc(C2CC2)nc1NC(C)(C)C. The molecular weight excluding hydrogens is 222 g/mol. The molecule has 88 valence electrons. The smallest absolute Gasteiger partial charge is 0.137 e. The Morgan fingerprint density at radius 3 is 2.38 bits per heavy atom. The van der Waals surface area contributed by atoms with Gasteiger partial charge in [-0.15, -0.1) is 0 Å². The quantitative estimate of drug-likeness (QED) is 0.803. The molecule has 0 atom stereocenters. The summed E-state index contributed by atoms with van der Waals surface area (Å²) in [6, 6.07) is 0. The molecule has 1 aliphatic rings. The zero-order valence-corrected chi connectivity index (χ0v) is 11.0. The first-order valence-corrected chi connectivity index (χ1v) is 6.07. The van der Waals surface area contributed by atoms with Gasteiger partial charge in [0, 0.05) is 17.0 Å². The summed E-state index contributed by atoms with van der Waals surface area (Å²) in [7, 11) is 0. The van der Waals surface area contributed by atoms with Crippen molar-refractivity contribution in [1.29, 1.82) is 0 Å². The topological polar surface area (TPSA) is 37.8 Å². The molecule has 0 aliphatic heterocycles. The molecule has 1 aliphatic carbocycles. The minimum Gasteiger partial charge on any atom is -0.365 e. The van der Waals surface area contributed by atoms with Gasteiger partial charge in [-0.05, 0) is 40.5 Å². The van der Waals surface area contributed by atoms with Gasteiger partial charge in [0.1, 0.15) is 16.8 Å². The number of aromatic nitrogens is 2. The first-order chi connectivity index (χ1) is 7.37. The van der Waals surface area contributed by atoms with Crippen LogP contribution in [0, 0.1) is 6.92 Å². The molecule has 0 spiro atoms. The first-order valence-electron chi connectivity index (χ1n) is 5.69. The molecule has 1 heterocycles. The van der Waals surface area contributed by atoms with E-state index >= 15 is 0 Å². The van der Waals surface area contributed by atoms with Gasteiger partial charge >= 0.3 is 0 Å². The zero-order valence-electron chi connectivity index (χ0n) is 10.3. The number of hydrogen-bond donors (Lipinski definition) is 1. The summed E-state index contributed by atoms with van der Waals surface area (Å²) < 4.78 is 0. The molecule has 0 unspecified atom stereocenters. The Hall–Kier alpha value is -0.830. The number of nitrogens with zero attached hydrogens (tertiary/aromatic N) is 2. The van der Waals surface area contributed by atoms with E-state index in [0.717, 1.165) is 17.2 Å². The molecule has 1 aromatic heterocycles. The van der Waals surface area contributed by atoms with Crippen molar-refractivity contribution in [2.24, 2.45) is 0 Å². The second-order valence-corrected chi connectivity index (χ2v) is 5.85. The molecular formula is C12H18ClN3. The molecule has 0 saturated heterocycles. The fourth-order valence-corrected chi connectivity index (χ4v) is 1.68. The van der Waals surface area contributed by atoms with Gasteiger partial charge < -0.3 is 5.32 Å². The highest BCUT2D eigenvalue weighted by atomic mass is 35.5. The third kappa shape index (κ3) is 2.64. The summed E-state index contributed by atoms with van der Waals surface area (Å²) in [5.74, 6) is 2.29. The number of hydrogen-bond acceptors (Lipinski definition) is 3. The lowest BCUT2D eigenvalue weighted by Crippen LogP contribution is -2.27. The Balaban J connectivity index is 2.34. The molecule has 1 fully saturated rings. The largest absolute Gasteiger partial charge is 0.365 e. The van der Waals surface area contributed by atoms with Crippen LogP contribution < -0.4 is 5.32 Å². The summed E-state index contributed by atoms with van der Waals surface area (Å²) in [6.07, 6.45) is 2.38. The second kappa shape index (κ2) is 3.88. The molecule has 2 rings (SSSR count). The zero-order chi connectivity index (χ0) is 11.9. The van der Waals surface area contributed by atoms with Gasteiger partial charge in [0.05, 0.1) is 0 Å². The van der Waals surface area contributed by atoms with Crippen LogP contribution in [0.1, 0.15) is 50.9 Å².